The molecule has 1 saturated heterocycles. The van der Waals surface area contributed by atoms with E-state index in [1.54, 1.807) is 6.07 Å². The van der Waals surface area contributed by atoms with E-state index in [9.17, 15) is 4.79 Å². The maximum atomic E-state index is 12.5. The normalized spacial score (nSPS) is 14.4. The van der Waals surface area contributed by atoms with Gasteiger partial charge in [-0.05, 0) is 23.8 Å². The number of hydrogen-bond donors (Lipinski definition) is 0. The summed E-state index contributed by atoms with van der Waals surface area (Å²) in [5.74, 6) is 0.806. The average Bonchev–Trinajstić information content (AvgIpc) is 2.65. The number of amides is 1. The number of carbonyl (C=O) groups is 1. The molecule has 0 atom stereocenters. The Morgan fingerprint density at radius 3 is 2.64 bits per heavy atom. The van der Waals surface area contributed by atoms with Gasteiger partial charge in [0.15, 0.2) is 0 Å². The summed E-state index contributed by atoms with van der Waals surface area (Å²) in [6.07, 6.45) is 1.11. The van der Waals surface area contributed by atoms with Gasteiger partial charge < -0.3 is 14.4 Å². The minimum atomic E-state index is 0.0819. The van der Waals surface area contributed by atoms with Crippen LogP contribution in [0.3, 0.4) is 0 Å². The average molecular weight is 360 g/mol. The fraction of sp³-hybridized carbons (Fsp3) is 0.350. The summed E-state index contributed by atoms with van der Waals surface area (Å²) in [5.41, 5.74) is 2.06. The summed E-state index contributed by atoms with van der Waals surface area (Å²) in [7, 11) is 0. The van der Waals surface area contributed by atoms with E-state index >= 15 is 0 Å². The maximum Gasteiger partial charge on any atom is 0.227 e. The quantitative estimate of drug-likeness (QED) is 0.793. The van der Waals surface area contributed by atoms with Gasteiger partial charge in [0.25, 0.3) is 0 Å². The topological polar surface area (TPSA) is 38.8 Å². The second-order valence-corrected chi connectivity index (χ2v) is 6.44. The fourth-order valence-corrected chi connectivity index (χ4v) is 3.03. The summed E-state index contributed by atoms with van der Waals surface area (Å²) >= 11 is 6.12. The first-order valence-corrected chi connectivity index (χ1v) is 8.91. The number of rotatable bonds is 6. The number of morpholine rings is 1. The highest BCUT2D eigenvalue weighted by Gasteiger charge is 2.19. The van der Waals surface area contributed by atoms with Crippen LogP contribution in [0.1, 0.15) is 11.1 Å². The molecule has 0 saturated carbocycles. The largest absolute Gasteiger partial charge is 0.493 e. The standard InChI is InChI=1S/C20H22ClNO3/c21-18-6-7-19(25-11-8-16-4-2-1-3-5-16)17(14-18)15-20(23)22-9-12-24-13-10-22/h1-7,14H,8-13,15H2. The molecule has 3 rings (SSSR count). The molecule has 0 bridgehead atoms. The monoisotopic (exact) mass is 359 g/mol. The smallest absolute Gasteiger partial charge is 0.227 e. The molecule has 1 aliphatic rings. The third-order valence-corrected chi connectivity index (χ3v) is 4.45. The van der Waals surface area contributed by atoms with E-state index in [-0.39, 0.29) is 5.91 Å². The van der Waals surface area contributed by atoms with Crippen molar-refractivity contribution in [2.45, 2.75) is 12.8 Å². The van der Waals surface area contributed by atoms with Gasteiger partial charge in [0.05, 0.1) is 26.2 Å². The van der Waals surface area contributed by atoms with Gasteiger partial charge in [-0.1, -0.05) is 41.9 Å². The first kappa shape index (κ1) is 17.8. The van der Waals surface area contributed by atoms with Crippen molar-refractivity contribution in [1.82, 2.24) is 4.90 Å². The van der Waals surface area contributed by atoms with Gasteiger partial charge in [0, 0.05) is 30.1 Å². The Labute approximate surface area is 153 Å². The van der Waals surface area contributed by atoms with E-state index in [1.165, 1.54) is 5.56 Å². The van der Waals surface area contributed by atoms with E-state index in [0.29, 0.717) is 44.4 Å². The van der Waals surface area contributed by atoms with E-state index in [0.717, 1.165) is 17.7 Å². The lowest BCUT2D eigenvalue weighted by Gasteiger charge is -2.27. The molecule has 25 heavy (non-hydrogen) atoms. The lowest BCUT2D eigenvalue weighted by atomic mass is 10.1. The molecule has 0 N–H and O–H groups in total. The molecular weight excluding hydrogens is 338 g/mol. The van der Waals surface area contributed by atoms with Crippen molar-refractivity contribution >= 4 is 17.5 Å². The number of halogens is 1. The van der Waals surface area contributed by atoms with E-state index in [1.807, 2.05) is 35.2 Å². The van der Waals surface area contributed by atoms with Crippen LogP contribution in [-0.4, -0.2) is 43.7 Å². The van der Waals surface area contributed by atoms with Crippen molar-refractivity contribution < 1.29 is 14.3 Å². The summed E-state index contributed by atoms with van der Waals surface area (Å²) < 4.78 is 11.2. The molecule has 4 nitrogen and oxygen atoms in total. The molecule has 2 aromatic carbocycles. The van der Waals surface area contributed by atoms with Gasteiger partial charge in [-0.3, -0.25) is 4.79 Å². The Balaban J connectivity index is 1.62. The Bertz CT molecular complexity index is 699. The van der Waals surface area contributed by atoms with Crippen molar-refractivity contribution in [2.24, 2.45) is 0 Å². The van der Waals surface area contributed by atoms with Crippen LogP contribution in [0.2, 0.25) is 5.02 Å². The zero-order valence-corrected chi connectivity index (χ0v) is 14.9. The van der Waals surface area contributed by atoms with Gasteiger partial charge in [0.2, 0.25) is 5.91 Å². The zero-order valence-electron chi connectivity index (χ0n) is 14.1. The van der Waals surface area contributed by atoms with Crippen molar-refractivity contribution in [3.63, 3.8) is 0 Å². The molecule has 0 aliphatic carbocycles. The van der Waals surface area contributed by atoms with E-state index in [4.69, 9.17) is 21.1 Å². The number of hydrogen-bond acceptors (Lipinski definition) is 3. The number of ether oxygens (including phenoxy) is 2. The van der Waals surface area contributed by atoms with Crippen molar-refractivity contribution in [2.75, 3.05) is 32.9 Å². The third kappa shape index (κ3) is 5.21. The first-order chi connectivity index (χ1) is 12.2. The minimum absolute atomic E-state index is 0.0819. The highest BCUT2D eigenvalue weighted by molar-refractivity contribution is 6.30. The second kappa shape index (κ2) is 8.88. The molecule has 5 heteroatoms. The summed E-state index contributed by atoms with van der Waals surface area (Å²) in [6.45, 7) is 3.04. The van der Waals surface area contributed by atoms with Crippen molar-refractivity contribution in [1.29, 1.82) is 0 Å². The Morgan fingerprint density at radius 1 is 1.12 bits per heavy atom. The molecule has 1 fully saturated rings. The van der Waals surface area contributed by atoms with Crippen molar-refractivity contribution in [3.8, 4) is 5.75 Å². The summed E-state index contributed by atoms with van der Waals surface area (Å²) in [6, 6.07) is 15.6. The first-order valence-electron chi connectivity index (χ1n) is 8.53. The Kier molecular flexibility index (Phi) is 6.31. The predicted molar refractivity (Wildman–Crippen MR) is 98.2 cm³/mol. The van der Waals surface area contributed by atoms with Gasteiger partial charge >= 0.3 is 0 Å². The van der Waals surface area contributed by atoms with Crippen molar-refractivity contribution in [3.05, 3.63) is 64.7 Å². The Morgan fingerprint density at radius 2 is 1.88 bits per heavy atom. The van der Waals surface area contributed by atoms with E-state index < -0.39 is 0 Å². The molecule has 0 radical (unpaired) electrons. The summed E-state index contributed by atoms with van der Waals surface area (Å²) in [4.78, 5) is 14.3. The minimum Gasteiger partial charge on any atom is -0.493 e. The van der Waals surface area contributed by atoms with Gasteiger partial charge in [-0.25, -0.2) is 0 Å². The molecule has 132 valence electrons. The number of carbonyl (C=O) groups excluding carboxylic acids is 1. The van der Waals surface area contributed by atoms with Crippen LogP contribution in [0, 0.1) is 0 Å². The highest BCUT2D eigenvalue weighted by Crippen LogP contribution is 2.24. The molecule has 0 spiro atoms. The molecule has 1 amide bonds. The lowest BCUT2D eigenvalue weighted by molar-refractivity contribution is -0.134. The second-order valence-electron chi connectivity index (χ2n) is 6.01. The third-order valence-electron chi connectivity index (χ3n) is 4.22. The number of nitrogens with zero attached hydrogens (tertiary/aromatic N) is 1. The zero-order chi connectivity index (χ0) is 17.5. The van der Waals surface area contributed by atoms with Gasteiger partial charge in [0.1, 0.15) is 5.75 Å². The van der Waals surface area contributed by atoms with Gasteiger partial charge in [-0.2, -0.15) is 0 Å². The SMILES string of the molecule is O=C(Cc1cc(Cl)ccc1OCCc1ccccc1)N1CCOCC1. The molecule has 2 aromatic rings. The van der Waals surface area contributed by atoms with Crippen LogP contribution < -0.4 is 4.74 Å². The highest BCUT2D eigenvalue weighted by atomic mass is 35.5. The number of benzene rings is 2. The Hall–Kier alpha value is -2.04. The molecule has 1 heterocycles. The van der Waals surface area contributed by atoms with Crippen LogP contribution >= 0.6 is 11.6 Å². The predicted octanol–water partition coefficient (Wildman–Crippen LogP) is 3.36. The van der Waals surface area contributed by atoms with E-state index in [2.05, 4.69) is 12.1 Å². The summed E-state index contributed by atoms with van der Waals surface area (Å²) in [5, 5.41) is 0.611. The van der Waals surface area contributed by atoms with Gasteiger partial charge in [-0.15, -0.1) is 0 Å². The van der Waals surface area contributed by atoms with Crippen LogP contribution in [-0.2, 0) is 22.4 Å². The molecule has 0 unspecified atom stereocenters. The molecule has 1 aliphatic heterocycles. The fourth-order valence-electron chi connectivity index (χ4n) is 2.84. The van der Waals surface area contributed by atoms with Crippen LogP contribution in [0.5, 0.6) is 5.75 Å². The molecular formula is C20H22ClNO3. The van der Waals surface area contributed by atoms with Crippen LogP contribution in [0.25, 0.3) is 0 Å². The van der Waals surface area contributed by atoms with Crippen LogP contribution in [0.4, 0.5) is 0 Å². The van der Waals surface area contributed by atoms with Crippen LogP contribution in [0.15, 0.2) is 48.5 Å². The lowest BCUT2D eigenvalue weighted by Crippen LogP contribution is -2.41. The molecule has 0 aromatic heterocycles. The maximum absolute atomic E-state index is 12.5.